The first-order valence-electron chi connectivity index (χ1n) is 14.7. The lowest BCUT2D eigenvalue weighted by molar-refractivity contribution is -0.133. The number of amides is 1. The van der Waals surface area contributed by atoms with Gasteiger partial charge in [0.15, 0.2) is 5.13 Å². The molecule has 0 radical (unpaired) electrons. The molecule has 3 aromatic rings. The topological polar surface area (TPSA) is 74.3 Å². The second-order valence-corrected chi connectivity index (χ2v) is 11.7. The molecule has 2 aromatic heterocycles. The Kier molecular flexibility index (Phi) is 8.65. The van der Waals surface area contributed by atoms with Crippen molar-refractivity contribution in [2.45, 2.75) is 38.1 Å². The monoisotopic (exact) mass is 564 g/mol. The van der Waals surface area contributed by atoms with E-state index in [1.165, 1.54) is 6.42 Å². The molecule has 1 unspecified atom stereocenters. The highest BCUT2D eigenvalue weighted by Gasteiger charge is 2.31. The zero-order valence-electron chi connectivity index (χ0n) is 23.5. The van der Waals surface area contributed by atoms with Crippen LogP contribution in [0.4, 0.5) is 10.8 Å². The van der Waals surface area contributed by atoms with Crippen LogP contribution >= 0.6 is 11.3 Å². The van der Waals surface area contributed by atoms with Gasteiger partial charge in [-0.1, -0.05) is 6.07 Å². The minimum Gasteiger partial charge on any atom is -0.494 e. The Bertz CT molecular complexity index is 1290. The molecular weight excluding hydrogens is 524 g/mol. The Hall–Kier alpha value is -2.95. The summed E-state index contributed by atoms with van der Waals surface area (Å²) in [5, 5.41) is 4.33. The van der Waals surface area contributed by atoms with Gasteiger partial charge >= 0.3 is 0 Å². The third-order valence-corrected chi connectivity index (χ3v) is 9.35. The Morgan fingerprint density at radius 3 is 2.65 bits per heavy atom. The van der Waals surface area contributed by atoms with E-state index < -0.39 is 0 Å². The number of anilines is 2. The van der Waals surface area contributed by atoms with Crippen molar-refractivity contribution in [3.8, 4) is 5.75 Å². The van der Waals surface area contributed by atoms with Crippen molar-refractivity contribution in [3.63, 3.8) is 0 Å². The maximum absolute atomic E-state index is 13.5. The minimum atomic E-state index is -0.0343. The van der Waals surface area contributed by atoms with Crippen LogP contribution < -0.4 is 14.5 Å². The molecular formula is C30H40N6O3S. The predicted octanol–water partition coefficient (Wildman–Crippen LogP) is 4.19. The summed E-state index contributed by atoms with van der Waals surface area (Å²) in [7, 11) is 1.73. The van der Waals surface area contributed by atoms with E-state index in [1.807, 2.05) is 18.3 Å². The van der Waals surface area contributed by atoms with Crippen LogP contribution in [-0.4, -0.2) is 98.4 Å². The molecule has 5 heterocycles. The molecule has 3 saturated heterocycles. The normalized spacial score (nSPS) is 20.0. The molecule has 0 saturated carbocycles. The average molecular weight is 565 g/mol. The van der Waals surface area contributed by atoms with E-state index in [9.17, 15) is 4.79 Å². The van der Waals surface area contributed by atoms with Crippen molar-refractivity contribution in [3.05, 3.63) is 41.5 Å². The number of rotatable bonds is 7. The molecule has 0 aliphatic carbocycles. The van der Waals surface area contributed by atoms with Crippen LogP contribution in [0.5, 0.6) is 5.75 Å². The quantitative estimate of drug-likeness (QED) is 0.423. The lowest BCUT2D eigenvalue weighted by Gasteiger charge is -2.33. The first kappa shape index (κ1) is 27.2. The van der Waals surface area contributed by atoms with E-state index in [-0.39, 0.29) is 11.9 Å². The van der Waals surface area contributed by atoms with Crippen LogP contribution in [0.3, 0.4) is 0 Å². The summed E-state index contributed by atoms with van der Waals surface area (Å²) < 4.78 is 11.4. The number of likely N-dealkylation sites (tertiary alicyclic amines) is 1. The number of methoxy groups -OCH3 is 1. The summed E-state index contributed by atoms with van der Waals surface area (Å²) in [6.45, 7) is 8.46. The van der Waals surface area contributed by atoms with E-state index in [4.69, 9.17) is 19.4 Å². The average Bonchev–Trinajstić information content (AvgIpc) is 3.38. The van der Waals surface area contributed by atoms with Gasteiger partial charge in [-0.25, -0.2) is 4.98 Å². The summed E-state index contributed by atoms with van der Waals surface area (Å²) in [6.07, 6.45) is 6.75. The van der Waals surface area contributed by atoms with E-state index in [1.54, 1.807) is 18.4 Å². The van der Waals surface area contributed by atoms with Gasteiger partial charge in [-0.2, -0.15) is 0 Å². The zero-order chi connectivity index (χ0) is 27.3. The van der Waals surface area contributed by atoms with Crippen LogP contribution in [0.2, 0.25) is 0 Å². The fraction of sp³-hybridized carbons (Fsp3) is 0.567. The second-order valence-electron chi connectivity index (χ2n) is 10.9. The van der Waals surface area contributed by atoms with Crippen molar-refractivity contribution in [1.82, 2.24) is 19.8 Å². The minimum absolute atomic E-state index is 0.0343. The van der Waals surface area contributed by atoms with Crippen LogP contribution in [0, 0.1) is 0 Å². The van der Waals surface area contributed by atoms with Gasteiger partial charge in [0, 0.05) is 75.7 Å². The molecule has 0 bridgehead atoms. The summed E-state index contributed by atoms with van der Waals surface area (Å²) in [5.74, 6) is 1.11. The zero-order valence-corrected chi connectivity index (χ0v) is 24.3. The molecule has 1 aromatic carbocycles. The Morgan fingerprint density at radius 2 is 1.82 bits per heavy atom. The number of benzene rings is 1. The largest absolute Gasteiger partial charge is 0.494 e. The lowest BCUT2D eigenvalue weighted by atomic mass is 10.1. The number of morpholine rings is 1. The molecule has 40 heavy (non-hydrogen) atoms. The van der Waals surface area contributed by atoms with Gasteiger partial charge in [0.05, 0.1) is 37.6 Å². The molecule has 214 valence electrons. The third-order valence-electron chi connectivity index (χ3n) is 8.43. The van der Waals surface area contributed by atoms with E-state index in [0.717, 1.165) is 118 Å². The Labute approximate surface area is 240 Å². The number of thiazole rings is 1. The summed E-state index contributed by atoms with van der Waals surface area (Å²) in [6, 6.07) is 8.17. The van der Waals surface area contributed by atoms with Gasteiger partial charge in [-0.15, -0.1) is 11.3 Å². The number of nitrogens with zero attached hydrogens (tertiary/aromatic N) is 6. The number of fused-ring (bicyclic) bond motifs is 1. The number of carbonyl (C=O) groups excluding carboxylic acids is 1. The maximum Gasteiger partial charge on any atom is 0.224 e. The molecule has 6 rings (SSSR count). The highest BCUT2D eigenvalue weighted by Crippen LogP contribution is 2.37. The molecule has 3 aliphatic heterocycles. The van der Waals surface area contributed by atoms with Crippen LogP contribution in [0.1, 0.15) is 43.8 Å². The van der Waals surface area contributed by atoms with E-state index >= 15 is 0 Å². The predicted molar refractivity (Wildman–Crippen MR) is 160 cm³/mol. The smallest absolute Gasteiger partial charge is 0.224 e. The van der Waals surface area contributed by atoms with Crippen molar-refractivity contribution in [2.75, 3.05) is 82.5 Å². The number of hydrogen-bond donors (Lipinski definition) is 0. The first-order valence-corrected chi connectivity index (χ1v) is 15.6. The van der Waals surface area contributed by atoms with Gasteiger partial charge < -0.3 is 24.2 Å². The molecule has 0 N–H and O–H groups in total. The summed E-state index contributed by atoms with van der Waals surface area (Å²) in [5.41, 5.74) is 3.06. The fourth-order valence-electron chi connectivity index (χ4n) is 6.24. The van der Waals surface area contributed by atoms with Crippen LogP contribution in [0.25, 0.3) is 10.9 Å². The Morgan fingerprint density at radius 1 is 0.975 bits per heavy atom. The second kappa shape index (κ2) is 12.7. The van der Waals surface area contributed by atoms with Gasteiger partial charge in [0.2, 0.25) is 5.91 Å². The molecule has 10 heteroatoms. The molecule has 3 aliphatic rings. The molecule has 1 atom stereocenters. The number of ether oxygens (including phenoxy) is 2. The Balaban J connectivity index is 1.25. The highest BCUT2D eigenvalue weighted by atomic mass is 32.1. The van der Waals surface area contributed by atoms with Crippen LogP contribution in [0.15, 0.2) is 35.8 Å². The molecule has 1 amide bonds. The SMILES string of the molecule is COc1ccc2cccnc2c1N1CCCN(C(CC(=O)N2CCCCC2)c2csc(N3CCOCC3)n2)CC1. The lowest BCUT2D eigenvalue weighted by Crippen LogP contribution is -2.40. The number of pyridine rings is 1. The van der Waals surface area contributed by atoms with Gasteiger partial charge in [-0.05, 0) is 43.9 Å². The third kappa shape index (κ3) is 5.89. The number of aromatic nitrogens is 2. The van der Waals surface area contributed by atoms with Gasteiger partial charge in [0.1, 0.15) is 11.4 Å². The van der Waals surface area contributed by atoms with Crippen LogP contribution in [-0.2, 0) is 9.53 Å². The summed E-state index contributed by atoms with van der Waals surface area (Å²) >= 11 is 1.69. The van der Waals surface area contributed by atoms with Crippen molar-refractivity contribution in [2.24, 2.45) is 0 Å². The van der Waals surface area contributed by atoms with Gasteiger partial charge in [-0.3, -0.25) is 14.7 Å². The maximum atomic E-state index is 13.5. The molecule has 9 nitrogen and oxygen atoms in total. The van der Waals surface area contributed by atoms with E-state index in [2.05, 4.69) is 37.1 Å². The standard InChI is InChI=1S/C30H40N6O3S/c1-38-26-9-8-23-7-5-10-31-28(23)29(26)35-14-6-13-33(15-16-35)25(21-27(37)34-11-3-2-4-12-34)24-22-40-30(32-24)36-17-19-39-20-18-36/h5,7-10,22,25H,2-4,6,11-21H2,1H3. The molecule has 3 fully saturated rings. The fourth-order valence-corrected chi connectivity index (χ4v) is 7.17. The van der Waals surface area contributed by atoms with Crippen molar-refractivity contribution in [1.29, 1.82) is 0 Å². The van der Waals surface area contributed by atoms with Gasteiger partial charge in [0.25, 0.3) is 0 Å². The summed E-state index contributed by atoms with van der Waals surface area (Å²) in [4.78, 5) is 32.7. The van der Waals surface area contributed by atoms with Crippen molar-refractivity contribution >= 4 is 39.0 Å². The van der Waals surface area contributed by atoms with Crippen molar-refractivity contribution < 1.29 is 14.3 Å². The number of piperidine rings is 1. The number of hydrogen-bond acceptors (Lipinski definition) is 9. The number of carbonyl (C=O) groups is 1. The first-order chi connectivity index (χ1) is 19.7. The highest BCUT2D eigenvalue weighted by molar-refractivity contribution is 7.13. The van der Waals surface area contributed by atoms with E-state index in [0.29, 0.717) is 6.42 Å². The molecule has 0 spiro atoms.